The minimum Gasteiger partial charge on any atom is -0.497 e. The third-order valence-electron chi connectivity index (χ3n) is 6.41. The van der Waals surface area contributed by atoms with Gasteiger partial charge in [-0.3, -0.25) is 9.59 Å². The number of carbonyl (C=O) groups excluding carboxylic acids is 3. The molecule has 1 aliphatic heterocycles. The Bertz CT molecular complexity index is 1030. The van der Waals surface area contributed by atoms with E-state index in [2.05, 4.69) is 10.3 Å². The number of hydrogen-bond donors (Lipinski definition) is 2. The summed E-state index contributed by atoms with van der Waals surface area (Å²) in [6.45, 7) is 7.38. The zero-order valence-electron chi connectivity index (χ0n) is 20.5. The molecule has 8 heteroatoms. The number of rotatable bonds is 9. The van der Waals surface area contributed by atoms with Crippen molar-refractivity contribution in [1.82, 2.24) is 15.2 Å². The third-order valence-corrected chi connectivity index (χ3v) is 6.41. The molecule has 0 spiro atoms. The number of hydrogen-bond acceptors (Lipinski definition) is 5. The molecule has 1 aromatic carbocycles. The number of aromatic amines is 1. The fraction of sp³-hybridized carbons (Fsp3) is 0.500. The molecule has 2 aromatic rings. The highest BCUT2D eigenvalue weighted by atomic mass is 16.5. The van der Waals surface area contributed by atoms with Gasteiger partial charge in [-0.1, -0.05) is 12.1 Å². The van der Waals surface area contributed by atoms with E-state index in [9.17, 15) is 14.4 Å². The number of likely N-dealkylation sites (tertiary alicyclic amines) is 1. The summed E-state index contributed by atoms with van der Waals surface area (Å²) in [5, 5.41) is 3.00. The number of aromatic nitrogens is 1. The SMILES string of the molecule is CCOC(=O)c1[nH]c(C)c(CCC(=O)N2CCC[C@H](C(=O)NCc3cccc(OC)c3)C2)c1C. The Morgan fingerprint density at radius 1 is 1.24 bits per heavy atom. The van der Waals surface area contributed by atoms with Gasteiger partial charge in [0.25, 0.3) is 0 Å². The van der Waals surface area contributed by atoms with Crippen LogP contribution in [0.5, 0.6) is 5.75 Å². The standard InChI is InChI=1S/C26H35N3O5/c1-5-34-26(32)24-17(2)22(18(3)28-24)11-12-23(30)29-13-7-9-20(16-29)25(31)27-15-19-8-6-10-21(14-19)33-4/h6,8,10,14,20,28H,5,7,9,11-13,15-16H2,1-4H3,(H,27,31)/t20-/m0/s1. The van der Waals surface area contributed by atoms with E-state index in [0.717, 1.165) is 41.0 Å². The second kappa shape index (κ2) is 11.7. The number of esters is 1. The van der Waals surface area contributed by atoms with Crippen molar-refractivity contribution in [2.24, 2.45) is 5.92 Å². The van der Waals surface area contributed by atoms with Crippen molar-refractivity contribution in [2.45, 2.75) is 53.0 Å². The van der Waals surface area contributed by atoms with Crippen LogP contribution in [-0.4, -0.2) is 54.5 Å². The Labute approximate surface area is 201 Å². The summed E-state index contributed by atoms with van der Waals surface area (Å²) in [5.74, 6) is 0.164. The van der Waals surface area contributed by atoms with Crippen molar-refractivity contribution in [2.75, 3.05) is 26.8 Å². The molecule has 2 heterocycles. The molecule has 2 amide bonds. The summed E-state index contributed by atoms with van der Waals surface area (Å²) in [5.41, 5.74) is 4.10. The van der Waals surface area contributed by atoms with Crippen LogP contribution in [0.3, 0.4) is 0 Å². The van der Waals surface area contributed by atoms with Gasteiger partial charge in [0.05, 0.1) is 19.6 Å². The van der Waals surface area contributed by atoms with Crippen LogP contribution in [0.15, 0.2) is 24.3 Å². The van der Waals surface area contributed by atoms with E-state index in [1.807, 2.05) is 38.1 Å². The molecule has 0 bridgehead atoms. The molecule has 1 aromatic heterocycles. The van der Waals surface area contributed by atoms with Gasteiger partial charge in [0.15, 0.2) is 0 Å². The van der Waals surface area contributed by atoms with E-state index >= 15 is 0 Å². The van der Waals surface area contributed by atoms with Crippen LogP contribution < -0.4 is 10.1 Å². The summed E-state index contributed by atoms with van der Waals surface area (Å²) < 4.78 is 10.3. The Balaban J connectivity index is 1.53. The first kappa shape index (κ1) is 25.3. The smallest absolute Gasteiger partial charge is 0.355 e. The largest absolute Gasteiger partial charge is 0.497 e. The number of benzene rings is 1. The summed E-state index contributed by atoms with van der Waals surface area (Å²) in [6.07, 6.45) is 2.44. The summed E-state index contributed by atoms with van der Waals surface area (Å²) >= 11 is 0. The predicted octanol–water partition coefficient (Wildman–Crippen LogP) is 3.30. The highest BCUT2D eigenvalue weighted by Crippen LogP contribution is 2.22. The maximum absolute atomic E-state index is 12.9. The van der Waals surface area contributed by atoms with E-state index in [1.54, 1.807) is 18.9 Å². The van der Waals surface area contributed by atoms with Gasteiger partial charge in [-0.25, -0.2) is 4.79 Å². The molecular weight excluding hydrogens is 434 g/mol. The zero-order valence-corrected chi connectivity index (χ0v) is 20.5. The quantitative estimate of drug-likeness (QED) is 0.549. The molecule has 3 rings (SSSR count). The van der Waals surface area contributed by atoms with Crippen molar-refractivity contribution < 1.29 is 23.9 Å². The minimum absolute atomic E-state index is 0.0305. The highest BCUT2D eigenvalue weighted by molar-refractivity contribution is 5.90. The number of ether oxygens (including phenoxy) is 2. The zero-order chi connectivity index (χ0) is 24.7. The van der Waals surface area contributed by atoms with Crippen molar-refractivity contribution in [1.29, 1.82) is 0 Å². The van der Waals surface area contributed by atoms with Crippen molar-refractivity contribution in [3.63, 3.8) is 0 Å². The molecular formula is C26H35N3O5. The van der Waals surface area contributed by atoms with E-state index in [1.165, 1.54) is 0 Å². The van der Waals surface area contributed by atoms with Crippen LogP contribution in [-0.2, 0) is 27.3 Å². The van der Waals surface area contributed by atoms with Gasteiger partial charge in [-0.15, -0.1) is 0 Å². The average molecular weight is 470 g/mol. The minimum atomic E-state index is -0.375. The van der Waals surface area contributed by atoms with E-state index in [0.29, 0.717) is 44.8 Å². The molecule has 1 atom stereocenters. The van der Waals surface area contributed by atoms with Gasteiger partial charge in [0.1, 0.15) is 11.4 Å². The fourth-order valence-corrected chi connectivity index (χ4v) is 4.49. The first-order chi connectivity index (χ1) is 16.3. The van der Waals surface area contributed by atoms with E-state index in [-0.39, 0.29) is 23.7 Å². The molecule has 34 heavy (non-hydrogen) atoms. The van der Waals surface area contributed by atoms with E-state index < -0.39 is 0 Å². The van der Waals surface area contributed by atoms with Gasteiger partial charge >= 0.3 is 5.97 Å². The maximum atomic E-state index is 12.9. The number of amides is 2. The Hall–Kier alpha value is -3.29. The number of methoxy groups -OCH3 is 1. The number of H-pyrrole nitrogens is 1. The first-order valence-electron chi connectivity index (χ1n) is 11.9. The summed E-state index contributed by atoms with van der Waals surface area (Å²) in [6, 6.07) is 7.60. The molecule has 1 aliphatic rings. The first-order valence-corrected chi connectivity index (χ1v) is 11.9. The van der Waals surface area contributed by atoms with Crippen LogP contribution in [0.2, 0.25) is 0 Å². The van der Waals surface area contributed by atoms with Crippen LogP contribution in [0, 0.1) is 19.8 Å². The van der Waals surface area contributed by atoms with Gasteiger partial charge in [-0.2, -0.15) is 0 Å². The molecule has 8 nitrogen and oxygen atoms in total. The normalized spacial score (nSPS) is 15.6. The monoisotopic (exact) mass is 469 g/mol. The molecule has 1 fully saturated rings. The molecule has 2 N–H and O–H groups in total. The van der Waals surface area contributed by atoms with Crippen molar-refractivity contribution >= 4 is 17.8 Å². The van der Waals surface area contributed by atoms with Crippen LogP contribution in [0.25, 0.3) is 0 Å². The Kier molecular flexibility index (Phi) is 8.73. The van der Waals surface area contributed by atoms with Gasteiger partial charge < -0.3 is 24.7 Å². The molecule has 1 saturated heterocycles. The molecule has 0 radical (unpaired) electrons. The molecule has 0 unspecified atom stereocenters. The fourth-order valence-electron chi connectivity index (χ4n) is 4.49. The lowest BCUT2D eigenvalue weighted by molar-refractivity contribution is -0.135. The van der Waals surface area contributed by atoms with Crippen molar-refractivity contribution in [3.8, 4) is 5.75 Å². The van der Waals surface area contributed by atoms with Crippen LogP contribution >= 0.6 is 0 Å². The number of piperidine rings is 1. The number of carbonyl (C=O) groups is 3. The average Bonchev–Trinajstić information content (AvgIpc) is 3.14. The second-order valence-electron chi connectivity index (χ2n) is 8.70. The van der Waals surface area contributed by atoms with E-state index in [4.69, 9.17) is 9.47 Å². The molecule has 0 aliphatic carbocycles. The lowest BCUT2D eigenvalue weighted by Gasteiger charge is -2.32. The van der Waals surface area contributed by atoms with Gasteiger partial charge in [-0.05, 0) is 68.9 Å². The lowest BCUT2D eigenvalue weighted by atomic mass is 9.96. The molecule has 184 valence electrons. The van der Waals surface area contributed by atoms with Crippen LogP contribution in [0.4, 0.5) is 0 Å². The Morgan fingerprint density at radius 3 is 2.76 bits per heavy atom. The number of aryl methyl sites for hydroxylation is 1. The van der Waals surface area contributed by atoms with Crippen LogP contribution in [0.1, 0.15) is 59.1 Å². The number of nitrogens with one attached hydrogen (secondary N) is 2. The topological polar surface area (TPSA) is 101 Å². The molecule has 0 saturated carbocycles. The van der Waals surface area contributed by atoms with Gasteiger partial charge in [0.2, 0.25) is 11.8 Å². The van der Waals surface area contributed by atoms with Gasteiger partial charge in [0, 0.05) is 31.7 Å². The third kappa shape index (κ3) is 6.18. The van der Waals surface area contributed by atoms with Crippen molar-refractivity contribution in [3.05, 3.63) is 52.3 Å². The second-order valence-corrected chi connectivity index (χ2v) is 8.70. The summed E-state index contributed by atoms with van der Waals surface area (Å²) in [7, 11) is 1.61. The highest BCUT2D eigenvalue weighted by Gasteiger charge is 2.28. The maximum Gasteiger partial charge on any atom is 0.355 e. The lowest BCUT2D eigenvalue weighted by Crippen LogP contribution is -2.45. The number of nitrogens with zero attached hydrogens (tertiary/aromatic N) is 1. The Morgan fingerprint density at radius 2 is 2.03 bits per heavy atom. The summed E-state index contributed by atoms with van der Waals surface area (Å²) in [4.78, 5) is 42.7. The predicted molar refractivity (Wildman–Crippen MR) is 129 cm³/mol.